The molecule has 7 heteroatoms. The van der Waals surface area contributed by atoms with Gasteiger partial charge < -0.3 is 24.8 Å². The number of aromatic nitrogens is 2. The fourth-order valence-corrected chi connectivity index (χ4v) is 2.40. The third-order valence-corrected chi connectivity index (χ3v) is 3.62. The molecule has 0 aliphatic carbocycles. The highest BCUT2D eigenvalue weighted by Crippen LogP contribution is 2.27. The van der Waals surface area contributed by atoms with E-state index in [4.69, 9.17) is 14.2 Å². The number of hydrogen-bond donors (Lipinski definition) is 2. The normalized spacial score (nSPS) is 10.4. The average molecular weight is 346 g/mol. The zero-order valence-corrected chi connectivity index (χ0v) is 15.3. The lowest BCUT2D eigenvalue weighted by molar-refractivity contribution is 0.210. The van der Waals surface area contributed by atoms with Crippen LogP contribution in [0.3, 0.4) is 0 Å². The summed E-state index contributed by atoms with van der Waals surface area (Å²) < 4.78 is 15.6. The highest BCUT2D eigenvalue weighted by atomic mass is 16.5. The quantitative estimate of drug-likeness (QED) is 0.640. The summed E-state index contributed by atoms with van der Waals surface area (Å²) in [5, 5.41) is 6.55. The van der Waals surface area contributed by atoms with Crippen LogP contribution in [0.15, 0.2) is 24.3 Å². The van der Waals surface area contributed by atoms with Crippen LogP contribution >= 0.6 is 0 Å². The molecule has 1 aromatic carbocycles. The minimum Gasteiger partial charge on any atom is -0.493 e. The lowest BCUT2D eigenvalue weighted by Gasteiger charge is -2.11. The van der Waals surface area contributed by atoms with Crippen LogP contribution in [0.25, 0.3) is 0 Å². The van der Waals surface area contributed by atoms with E-state index in [9.17, 15) is 0 Å². The van der Waals surface area contributed by atoms with Gasteiger partial charge >= 0.3 is 0 Å². The summed E-state index contributed by atoms with van der Waals surface area (Å²) in [7, 11) is 4.95. The Balaban J connectivity index is 1.92. The van der Waals surface area contributed by atoms with Crippen molar-refractivity contribution in [1.29, 1.82) is 0 Å². The van der Waals surface area contributed by atoms with Gasteiger partial charge in [0, 0.05) is 26.3 Å². The molecule has 0 unspecified atom stereocenters. The zero-order chi connectivity index (χ0) is 18.1. The SMILES string of the molecule is COCCNc1cc(NCCc2ccc(OC)c(OC)c2)nc(C)n1. The lowest BCUT2D eigenvalue weighted by atomic mass is 10.1. The fourth-order valence-electron chi connectivity index (χ4n) is 2.40. The highest BCUT2D eigenvalue weighted by molar-refractivity contribution is 5.48. The van der Waals surface area contributed by atoms with Crippen molar-refractivity contribution in [2.24, 2.45) is 0 Å². The van der Waals surface area contributed by atoms with E-state index in [2.05, 4.69) is 20.6 Å². The Morgan fingerprint density at radius 2 is 1.56 bits per heavy atom. The van der Waals surface area contributed by atoms with Gasteiger partial charge in [-0.25, -0.2) is 9.97 Å². The minimum atomic E-state index is 0.630. The maximum Gasteiger partial charge on any atom is 0.160 e. The molecule has 0 amide bonds. The molecule has 0 aliphatic heterocycles. The largest absolute Gasteiger partial charge is 0.493 e. The van der Waals surface area contributed by atoms with E-state index in [-0.39, 0.29) is 0 Å². The van der Waals surface area contributed by atoms with Gasteiger partial charge in [0.2, 0.25) is 0 Å². The topological polar surface area (TPSA) is 77.5 Å². The molecule has 0 radical (unpaired) electrons. The standard InChI is InChI=1S/C18H26N4O3/c1-13-21-17(12-18(22-13)20-9-10-23-2)19-8-7-14-5-6-15(24-3)16(11-14)25-4/h5-6,11-12H,7-10H2,1-4H3,(H2,19,20,21,22). The molecule has 0 atom stereocenters. The Morgan fingerprint density at radius 1 is 0.880 bits per heavy atom. The van der Waals surface area contributed by atoms with Crippen molar-refractivity contribution in [2.75, 3.05) is 51.7 Å². The van der Waals surface area contributed by atoms with E-state index in [1.54, 1.807) is 21.3 Å². The number of methoxy groups -OCH3 is 3. The third-order valence-electron chi connectivity index (χ3n) is 3.62. The molecular formula is C18H26N4O3. The summed E-state index contributed by atoms with van der Waals surface area (Å²) >= 11 is 0. The van der Waals surface area contributed by atoms with Gasteiger partial charge in [0.05, 0.1) is 20.8 Å². The number of hydrogen-bond acceptors (Lipinski definition) is 7. The number of rotatable bonds is 10. The van der Waals surface area contributed by atoms with Crippen LogP contribution in [-0.4, -0.2) is 51.0 Å². The van der Waals surface area contributed by atoms with Crippen molar-refractivity contribution in [3.05, 3.63) is 35.7 Å². The second kappa shape index (κ2) is 9.68. The summed E-state index contributed by atoms with van der Waals surface area (Å²) in [6, 6.07) is 7.84. The van der Waals surface area contributed by atoms with E-state index >= 15 is 0 Å². The smallest absolute Gasteiger partial charge is 0.160 e. The highest BCUT2D eigenvalue weighted by Gasteiger charge is 2.05. The van der Waals surface area contributed by atoms with E-state index in [1.165, 1.54) is 0 Å². The van der Waals surface area contributed by atoms with Gasteiger partial charge in [0.1, 0.15) is 17.5 Å². The molecule has 0 fully saturated rings. The van der Waals surface area contributed by atoms with Crippen LogP contribution in [-0.2, 0) is 11.2 Å². The second-order valence-corrected chi connectivity index (χ2v) is 5.47. The summed E-state index contributed by atoms with van der Waals surface area (Å²) in [4.78, 5) is 8.78. The molecule has 1 heterocycles. The number of aryl methyl sites for hydroxylation is 1. The van der Waals surface area contributed by atoms with Crippen molar-refractivity contribution >= 4 is 11.6 Å². The second-order valence-electron chi connectivity index (χ2n) is 5.47. The predicted octanol–water partition coefficient (Wildman–Crippen LogP) is 2.52. The van der Waals surface area contributed by atoms with Crippen molar-refractivity contribution in [3.8, 4) is 11.5 Å². The number of ether oxygens (including phenoxy) is 3. The van der Waals surface area contributed by atoms with E-state index in [1.807, 2.05) is 31.2 Å². The number of nitrogens with one attached hydrogen (secondary N) is 2. The van der Waals surface area contributed by atoms with E-state index in [0.29, 0.717) is 13.2 Å². The Hall–Kier alpha value is -2.54. The molecule has 0 aliphatic rings. The summed E-state index contributed by atoms with van der Waals surface area (Å²) in [5.41, 5.74) is 1.16. The molecule has 2 rings (SSSR count). The lowest BCUT2D eigenvalue weighted by Crippen LogP contribution is -2.12. The van der Waals surface area contributed by atoms with Crippen molar-refractivity contribution in [1.82, 2.24) is 9.97 Å². The molecule has 1 aromatic heterocycles. The monoisotopic (exact) mass is 346 g/mol. The van der Waals surface area contributed by atoms with Gasteiger partial charge in [-0.15, -0.1) is 0 Å². The van der Waals surface area contributed by atoms with Crippen molar-refractivity contribution in [2.45, 2.75) is 13.3 Å². The molecule has 0 saturated carbocycles. The van der Waals surface area contributed by atoms with E-state index < -0.39 is 0 Å². The molecule has 2 aromatic rings. The molecular weight excluding hydrogens is 320 g/mol. The molecule has 0 spiro atoms. The molecule has 7 nitrogen and oxygen atoms in total. The van der Waals surface area contributed by atoms with Crippen LogP contribution in [0.2, 0.25) is 0 Å². The minimum absolute atomic E-state index is 0.630. The molecule has 2 N–H and O–H groups in total. The van der Waals surface area contributed by atoms with Gasteiger partial charge in [-0.05, 0) is 31.0 Å². The van der Waals surface area contributed by atoms with E-state index in [0.717, 1.165) is 47.5 Å². The maximum atomic E-state index is 5.34. The number of benzene rings is 1. The average Bonchev–Trinajstić information content (AvgIpc) is 2.61. The van der Waals surface area contributed by atoms with Gasteiger partial charge in [0.15, 0.2) is 11.5 Å². The van der Waals surface area contributed by atoms with Crippen molar-refractivity contribution < 1.29 is 14.2 Å². The van der Waals surface area contributed by atoms with Crippen LogP contribution in [0.5, 0.6) is 11.5 Å². The Kier molecular flexibility index (Phi) is 7.28. The Morgan fingerprint density at radius 3 is 2.20 bits per heavy atom. The maximum absolute atomic E-state index is 5.34. The van der Waals surface area contributed by atoms with Gasteiger partial charge in [-0.2, -0.15) is 0 Å². The van der Waals surface area contributed by atoms with Gasteiger partial charge in [-0.1, -0.05) is 6.07 Å². The molecule has 0 saturated heterocycles. The fraction of sp³-hybridized carbons (Fsp3) is 0.444. The summed E-state index contributed by atoms with van der Waals surface area (Å²) in [6.07, 6.45) is 0.843. The van der Waals surface area contributed by atoms with Gasteiger partial charge in [0.25, 0.3) is 0 Å². The van der Waals surface area contributed by atoms with Crippen molar-refractivity contribution in [3.63, 3.8) is 0 Å². The first kappa shape index (κ1) is 18.8. The van der Waals surface area contributed by atoms with Crippen LogP contribution in [0.4, 0.5) is 11.6 Å². The summed E-state index contributed by atoms with van der Waals surface area (Å²) in [5.74, 6) is 3.78. The first-order chi connectivity index (χ1) is 12.2. The predicted molar refractivity (Wildman–Crippen MR) is 98.9 cm³/mol. The first-order valence-electron chi connectivity index (χ1n) is 8.19. The number of nitrogens with zero attached hydrogens (tertiary/aromatic N) is 2. The Labute approximate surface area is 148 Å². The van der Waals surface area contributed by atoms with Crippen LogP contribution in [0, 0.1) is 6.92 Å². The molecule has 25 heavy (non-hydrogen) atoms. The number of anilines is 2. The third kappa shape index (κ3) is 5.79. The zero-order valence-electron chi connectivity index (χ0n) is 15.3. The van der Waals surface area contributed by atoms with Gasteiger partial charge in [-0.3, -0.25) is 0 Å². The first-order valence-corrected chi connectivity index (χ1v) is 8.19. The molecule has 0 bridgehead atoms. The van der Waals surface area contributed by atoms with Crippen LogP contribution < -0.4 is 20.1 Å². The summed E-state index contributed by atoms with van der Waals surface area (Å²) in [6.45, 7) is 3.97. The van der Waals surface area contributed by atoms with Crippen LogP contribution in [0.1, 0.15) is 11.4 Å². The molecule has 136 valence electrons. The Bertz CT molecular complexity index is 679.